The number of nitrogens with zero attached hydrogens (tertiary/aromatic N) is 2. The molecule has 0 aromatic heterocycles. The van der Waals surface area contributed by atoms with E-state index >= 15 is 0 Å². The van der Waals surface area contributed by atoms with Crippen molar-refractivity contribution < 1.29 is 9.13 Å². The lowest BCUT2D eigenvalue weighted by Crippen LogP contribution is -2.49. The first-order chi connectivity index (χ1) is 11.5. The first kappa shape index (κ1) is 18.9. The monoisotopic (exact) mass is 408 g/mol. The Hall–Kier alpha value is 0.570. The Morgan fingerprint density at radius 1 is 0.720 bits per heavy atom. The van der Waals surface area contributed by atoms with E-state index in [1.807, 2.05) is 0 Å². The summed E-state index contributed by atoms with van der Waals surface area (Å²) in [6.07, 6.45) is 10.00. The maximum atomic E-state index is 12.8. The van der Waals surface area contributed by atoms with Gasteiger partial charge in [-0.15, -0.1) is 0 Å². The lowest BCUT2D eigenvalue weighted by atomic mass is 9.95. The van der Waals surface area contributed by atoms with Crippen LogP contribution in [0.2, 0.25) is 0 Å². The van der Waals surface area contributed by atoms with Crippen LogP contribution in [0, 0.1) is 11.8 Å². The van der Waals surface area contributed by atoms with Crippen LogP contribution in [-0.4, -0.2) is 19.2 Å². The summed E-state index contributed by atoms with van der Waals surface area (Å²) in [5.41, 5.74) is 23.3. The number of hydrogen-bond donors (Lipinski definition) is 4. The van der Waals surface area contributed by atoms with Crippen LogP contribution in [0.15, 0.2) is 0 Å². The van der Waals surface area contributed by atoms with E-state index < -0.39 is 15.2 Å². The van der Waals surface area contributed by atoms with Gasteiger partial charge in [0.15, 0.2) is 0 Å². The standard InChI is InChI=1S/C14H30N6O2P2S/c15-23(16,21)19(13-5-1-11(9-13)2-6-13)25-20(24(17,18)22)14-7-3-12(10-14)4-8-14/h11-12H,1-10H2,(H4,15,16,21)(H4,17,18,22). The van der Waals surface area contributed by atoms with Crippen molar-refractivity contribution in [1.29, 1.82) is 0 Å². The van der Waals surface area contributed by atoms with Crippen LogP contribution in [0.1, 0.15) is 64.2 Å². The molecule has 8 nitrogen and oxygen atoms in total. The molecule has 144 valence electrons. The zero-order chi connectivity index (χ0) is 18.1. The molecule has 0 aliphatic heterocycles. The first-order valence-electron chi connectivity index (χ1n) is 9.18. The van der Waals surface area contributed by atoms with Crippen LogP contribution >= 0.6 is 27.3 Å². The smallest absolute Gasteiger partial charge is 0.270 e. The normalized spacial score (nSPS) is 40.7. The molecule has 0 aromatic rings. The Kier molecular flexibility index (Phi) is 4.56. The van der Waals surface area contributed by atoms with Crippen molar-refractivity contribution in [3.8, 4) is 0 Å². The largest absolute Gasteiger partial charge is 0.287 e. The molecule has 0 atom stereocenters. The summed E-state index contributed by atoms with van der Waals surface area (Å²) in [7, 11) is -7.10. The van der Waals surface area contributed by atoms with Crippen LogP contribution in [0.3, 0.4) is 0 Å². The molecule has 0 heterocycles. The van der Waals surface area contributed by atoms with Crippen molar-refractivity contribution in [3.05, 3.63) is 0 Å². The van der Waals surface area contributed by atoms with E-state index in [-0.39, 0.29) is 11.1 Å². The molecule has 4 aliphatic carbocycles. The average Bonchev–Trinajstić information content (AvgIpc) is 3.25. The van der Waals surface area contributed by atoms with Gasteiger partial charge in [0.25, 0.3) is 15.2 Å². The van der Waals surface area contributed by atoms with Gasteiger partial charge in [-0.25, -0.2) is 0 Å². The third-order valence-corrected chi connectivity index (χ3v) is 12.0. The molecule has 0 saturated heterocycles. The predicted octanol–water partition coefficient (Wildman–Crippen LogP) is 2.87. The third-order valence-electron chi connectivity index (χ3n) is 6.94. The second-order valence-electron chi connectivity index (χ2n) is 8.72. The highest BCUT2D eigenvalue weighted by atomic mass is 32.2. The van der Waals surface area contributed by atoms with Crippen molar-refractivity contribution in [1.82, 2.24) is 8.15 Å². The van der Waals surface area contributed by atoms with Crippen LogP contribution in [0.4, 0.5) is 0 Å². The molecule has 4 rings (SSSR count). The van der Waals surface area contributed by atoms with E-state index in [0.717, 1.165) is 76.3 Å². The van der Waals surface area contributed by atoms with Gasteiger partial charge in [0.2, 0.25) is 0 Å². The van der Waals surface area contributed by atoms with E-state index in [4.69, 9.17) is 22.0 Å². The molecular formula is C14H30N6O2P2S. The third kappa shape index (κ3) is 3.20. The summed E-state index contributed by atoms with van der Waals surface area (Å²) in [6, 6.07) is 0. The van der Waals surface area contributed by atoms with E-state index in [0.29, 0.717) is 11.8 Å². The Bertz CT molecular complexity index is 581. The number of fused-ring (bicyclic) bond motifs is 4. The predicted molar refractivity (Wildman–Crippen MR) is 102 cm³/mol. The van der Waals surface area contributed by atoms with Gasteiger partial charge in [-0.1, -0.05) is 0 Å². The van der Waals surface area contributed by atoms with Gasteiger partial charge in [0.05, 0.1) is 0 Å². The molecule has 0 radical (unpaired) electrons. The van der Waals surface area contributed by atoms with Crippen molar-refractivity contribution in [2.45, 2.75) is 75.3 Å². The van der Waals surface area contributed by atoms with E-state index in [2.05, 4.69) is 0 Å². The van der Waals surface area contributed by atoms with E-state index in [1.54, 1.807) is 8.15 Å². The molecule has 4 bridgehead atoms. The van der Waals surface area contributed by atoms with Crippen molar-refractivity contribution in [3.63, 3.8) is 0 Å². The highest BCUT2D eigenvalue weighted by Crippen LogP contribution is 2.65. The molecule has 4 aliphatic rings. The molecule has 0 spiro atoms. The zero-order valence-corrected chi connectivity index (χ0v) is 17.2. The topological polar surface area (TPSA) is 145 Å². The molecular weight excluding hydrogens is 378 g/mol. The summed E-state index contributed by atoms with van der Waals surface area (Å²) >= 11 is 1.14. The fourth-order valence-electron chi connectivity index (χ4n) is 5.88. The minimum Gasteiger partial charge on any atom is -0.270 e. The van der Waals surface area contributed by atoms with Gasteiger partial charge in [-0.2, -0.15) is 8.15 Å². The summed E-state index contributed by atoms with van der Waals surface area (Å²) in [6.45, 7) is 0. The Morgan fingerprint density at radius 2 is 1.04 bits per heavy atom. The summed E-state index contributed by atoms with van der Waals surface area (Å²) in [4.78, 5) is 0. The second-order valence-corrected chi connectivity index (χ2v) is 13.6. The maximum Gasteiger partial charge on any atom is 0.287 e. The van der Waals surface area contributed by atoms with E-state index in [1.165, 1.54) is 0 Å². The van der Waals surface area contributed by atoms with Gasteiger partial charge >= 0.3 is 0 Å². The Morgan fingerprint density at radius 3 is 1.24 bits per heavy atom. The van der Waals surface area contributed by atoms with Gasteiger partial charge in [0, 0.05) is 23.2 Å². The molecule has 25 heavy (non-hydrogen) atoms. The Labute approximate surface area is 154 Å². The minimum atomic E-state index is -3.55. The fourth-order valence-corrected chi connectivity index (χ4v) is 10.3. The van der Waals surface area contributed by atoms with Gasteiger partial charge < -0.3 is 0 Å². The van der Waals surface area contributed by atoms with E-state index in [9.17, 15) is 9.13 Å². The lowest BCUT2D eigenvalue weighted by Gasteiger charge is -2.47. The van der Waals surface area contributed by atoms with Gasteiger partial charge in [0.1, 0.15) is 0 Å². The van der Waals surface area contributed by atoms with Crippen molar-refractivity contribution in [2.24, 2.45) is 33.9 Å². The van der Waals surface area contributed by atoms with Crippen molar-refractivity contribution in [2.75, 3.05) is 0 Å². The highest BCUT2D eigenvalue weighted by Gasteiger charge is 2.58. The van der Waals surface area contributed by atoms with Crippen LogP contribution < -0.4 is 22.0 Å². The second kappa shape index (κ2) is 6.03. The fraction of sp³-hybridized carbons (Fsp3) is 1.00. The first-order valence-corrected chi connectivity index (χ1v) is 13.5. The van der Waals surface area contributed by atoms with Crippen LogP contribution in [0.5, 0.6) is 0 Å². The van der Waals surface area contributed by atoms with Gasteiger partial charge in [-0.3, -0.25) is 31.1 Å². The minimum absolute atomic E-state index is 0.283. The number of nitrogens with two attached hydrogens (primary N) is 4. The molecule has 8 N–H and O–H groups in total. The average molecular weight is 408 g/mol. The summed E-state index contributed by atoms with van der Waals surface area (Å²) < 4.78 is 29.0. The Balaban J connectivity index is 1.67. The molecule has 0 aromatic carbocycles. The number of hydrogen-bond acceptors (Lipinski definition) is 3. The zero-order valence-electron chi connectivity index (χ0n) is 14.5. The summed E-state index contributed by atoms with van der Waals surface area (Å²) in [5.74, 6) is 1.29. The molecule has 11 heteroatoms. The van der Waals surface area contributed by atoms with Gasteiger partial charge in [-0.05, 0) is 76.0 Å². The maximum absolute atomic E-state index is 12.8. The molecule has 0 unspecified atom stereocenters. The molecule has 4 saturated carbocycles. The summed E-state index contributed by atoms with van der Waals surface area (Å²) in [5, 5.41) is 0. The van der Waals surface area contributed by atoms with Crippen molar-refractivity contribution >= 4 is 27.3 Å². The molecule has 0 amide bonds. The quantitative estimate of drug-likeness (QED) is 0.385. The highest BCUT2D eigenvalue weighted by molar-refractivity contribution is 8.03. The van der Waals surface area contributed by atoms with Crippen LogP contribution in [0.25, 0.3) is 0 Å². The SMILES string of the molecule is NP(N)(=O)N(SN(C12CCC(CC1)C2)P(N)(N)=O)C12CCC(CC1)C2. The number of rotatable bonds is 6. The molecule has 4 fully saturated rings. The van der Waals surface area contributed by atoms with Crippen LogP contribution in [-0.2, 0) is 9.13 Å². The lowest BCUT2D eigenvalue weighted by molar-refractivity contribution is 0.257.